The van der Waals surface area contributed by atoms with Crippen LogP contribution < -0.4 is 10.6 Å². The molecular weight excluding hydrogens is 299 g/mol. The van der Waals surface area contributed by atoms with Crippen LogP contribution in [0, 0.1) is 0 Å². The molecule has 4 nitrogen and oxygen atoms in total. The van der Waals surface area contributed by atoms with Crippen molar-refractivity contribution in [3.05, 3.63) is 34.9 Å². The van der Waals surface area contributed by atoms with Crippen molar-refractivity contribution >= 4 is 29.9 Å². The maximum absolute atomic E-state index is 11.9. The first kappa shape index (κ1) is 17.2. The Labute approximate surface area is 130 Å². The van der Waals surface area contributed by atoms with Crippen molar-refractivity contribution in [2.75, 3.05) is 19.7 Å². The summed E-state index contributed by atoms with van der Waals surface area (Å²) in [4.78, 5) is 11.9. The third-order valence-electron chi connectivity index (χ3n) is 3.14. The van der Waals surface area contributed by atoms with Gasteiger partial charge in [0.05, 0.1) is 25.2 Å². The minimum Gasteiger partial charge on any atom is -0.375 e. The molecule has 1 heterocycles. The van der Waals surface area contributed by atoms with Crippen LogP contribution in [-0.2, 0) is 9.53 Å². The van der Waals surface area contributed by atoms with Crippen molar-refractivity contribution in [3.8, 4) is 0 Å². The predicted molar refractivity (Wildman–Crippen MR) is 82.5 cm³/mol. The van der Waals surface area contributed by atoms with E-state index in [9.17, 15) is 4.79 Å². The molecule has 20 heavy (non-hydrogen) atoms. The zero-order valence-electron chi connectivity index (χ0n) is 11.4. The minimum atomic E-state index is -0.0530. The SMILES string of the molecule is C[C@@H](NC(=O)CC1CNCCO1)c1cccc(Cl)c1.Cl. The van der Waals surface area contributed by atoms with Crippen LogP contribution in [0.3, 0.4) is 0 Å². The second kappa shape index (κ2) is 8.47. The fraction of sp³-hybridized carbons (Fsp3) is 0.500. The van der Waals surface area contributed by atoms with E-state index < -0.39 is 0 Å². The van der Waals surface area contributed by atoms with E-state index in [1.54, 1.807) is 0 Å². The first-order chi connectivity index (χ1) is 9.15. The number of nitrogens with one attached hydrogen (secondary N) is 2. The molecule has 0 radical (unpaired) electrons. The van der Waals surface area contributed by atoms with Gasteiger partial charge in [-0.05, 0) is 24.6 Å². The maximum Gasteiger partial charge on any atom is 0.223 e. The van der Waals surface area contributed by atoms with Gasteiger partial charge in [-0.2, -0.15) is 0 Å². The van der Waals surface area contributed by atoms with Gasteiger partial charge in [-0.25, -0.2) is 0 Å². The van der Waals surface area contributed by atoms with Gasteiger partial charge in [-0.1, -0.05) is 23.7 Å². The number of rotatable bonds is 4. The molecule has 0 spiro atoms. The van der Waals surface area contributed by atoms with Gasteiger partial charge >= 0.3 is 0 Å². The molecule has 0 aliphatic carbocycles. The fourth-order valence-electron chi connectivity index (χ4n) is 2.12. The number of morpholine rings is 1. The fourth-order valence-corrected chi connectivity index (χ4v) is 2.32. The number of benzene rings is 1. The Hall–Kier alpha value is -0.810. The molecular formula is C14H20Cl2N2O2. The van der Waals surface area contributed by atoms with Crippen molar-refractivity contribution in [3.63, 3.8) is 0 Å². The van der Waals surface area contributed by atoms with Gasteiger partial charge in [-0.15, -0.1) is 12.4 Å². The van der Waals surface area contributed by atoms with Gasteiger partial charge in [0.1, 0.15) is 0 Å². The van der Waals surface area contributed by atoms with Crippen LogP contribution in [0.2, 0.25) is 5.02 Å². The van der Waals surface area contributed by atoms with E-state index in [4.69, 9.17) is 16.3 Å². The molecule has 2 rings (SSSR count). The second-order valence-electron chi connectivity index (χ2n) is 4.75. The van der Waals surface area contributed by atoms with Crippen molar-refractivity contribution in [1.82, 2.24) is 10.6 Å². The number of carbonyl (C=O) groups excluding carboxylic acids is 1. The lowest BCUT2D eigenvalue weighted by atomic mass is 10.1. The quantitative estimate of drug-likeness (QED) is 0.895. The maximum atomic E-state index is 11.9. The molecule has 2 N–H and O–H groups in total. The number of carbonyl (C=O) groups is 1. The molecule has 1 amide bonds. The monoisotopic (exact) mass is 318 g/mol. The average Bonchev–Trinajstić information content (AvgIpc) is 2.39. The zero-order chi connectivity index (χ0) is 13.7. The summed E-state index contributed by atoms with van der Waals surface area (Å²) in [5, 5.41) is 6.85. The number of hydrogen-bond donors (Lipinski definition) is 2. The largest absolute Gasteiger partial charge is 0.375 e. The normalized spacial score (nSPS) is 19.8. The molecule has 0 bridgehead atoms. The van der Waals surface area contributed by atoms with Crippen LogP contribution in [0.4, 0.5) is 0 Å². The Balaban J connectivity index is 0.00000200. The van der Waals surface area contributed by atoms with E-state index in [1.807, 2.05) is 31.2 Å². The molecule has 0 saturated carbocycles. The van der Waals surface area contributed by atoms with Gasteiger partial charge in [0, 0.05) is 18.1 Å². The number of amides is 1. The lowest BCUT2D eigenvalue weighted by Crippen LogP contribution is -2.41. The van der Waals surface area contributed by atoms with E-state index in [1.165, 1.54) is 0 Å². The van der Waals surface area contributed by atoms with Gasteiger partial charge in [0.15, 0.2) is 0 Å². The van der Waals surface area contributed by atoms with Gasteiger partial charge < -0.3 is 15.4 Å². The highest BCUT2D eigenvalue weighted by Crippen LogP contribution is 2.17. The standard InChI is InChI=1S/C14H19ClN2O2.ClH/c1-10(11-3-2-4-12(15)7-11)17-14(18)8-13-9-16-5-6-19-13;/h2-4,7,10,13,16H,5-6,8-9H2,1H3,(H,17,18);1H/t10-,13?;/m1./s1. The smallest absolute Gasteiger partial charge is 0.223 e. The summed E-state index contributed by atoms with van der Waals surface area (Å²) in [6.07, 6.45) is 0.359. The van der Waals surface area contributed by atoms with Crippen molar-refractivity contribution in [2.24, 2.45) is 0 Å². The Kier molecular flexibility index (Phi) is 7.30. The lowest BCUT2D eigenvalue weighted by molar-refractivity contribution is -0.125. The van der Waals surface area contributed by atoms with Gasteiger partial charge in [-0.3, -0.25) is 4.79 Å². The lowest BCUT2D eigenvalue weighted by Gasteiger charge is -2.24. The Morgan fingerprint density at radius 1 is 1.60 bits per heavy atom. The third kappa shape index (κ3) is 5.29. The summed E-state index contributed by atoms with van der Waals surface area (Å²) in [6, 6.07) is 7.47. The Morgan fingerprint density at radius 3 is 3.05 bits per heavy atom. The minimum absolute atomic E-state index is 0. The zero-order valence-corrected chi connectivity index (χ0v) is 13.0. The van der Waals surface area contributed by atoms with E-state index in [-0.39, 0.29) is 30.5 Å². The molecule has 1 aliphatic heterocycles. The van der Waals surface area contributed by atoms with E-state index in [0.29, 0.717) is 18.1 Å². The first-order valence-electron chi connectivity index (χ1n) is 6.52. The van der Waals surface area contributed by atoms with Gasteiger partial charge in [0.2, 0.25) is 5.91 Å². The van der Waals surface area contributed by atoms with Crippen molar-refractivity contribution < 1.29 is 9.53 Å². The molecule has 2 atom stereocenters. The highest BCUT2D eigenvalue weighted by atomic mass is 35.5. The predicted octanol–water partition coefficient (Wildman–Crippen LogP) is 2.32. The van der Waals surface area contributed by atoms with E-state index in [0.717, 1.165) is 18.7 Å². The molecule has 1 aromatic rings. The van der Waals surface area contributed by atoms with Crippen LogP contribution >= 0.6 is 24.0 Å². The van der Waals surface area contributed by atoms with Crippen LogP contribution in [0.25, 0.3) is 0 Å². The summed E-state index contributed by atoms with van der Waals surface area (Å²) in [5.74, 6) is 0.00109. The second-order valence-corrected chi connectivity index (χ2v) is 5.18. The van der Waals surface area contributed by atoms with Crippen LogP contribution in [-0.4, -0.2) is 31.7 Å². The van der Waals surface area contributed by atoms with Crippen LogP contribution in [0.1, 0.15) is 24.9 Å². The molecule has 1 aliphatic rings. The molecule has 1 unspecified atom stereocenters. The Morgan fingerprint density at radius 2 is 2.40 bits per heavy atom. The summed E-state index contributed by atoms with van der Waals surface area (Å²) < 4.78 is 5.51. The summed E-state index contributed by atoms with van der Waals surface area (Å²) in [7, 11) is 0. The topological polar surface area (TPSA) is 50.4 Å². The highest BCUT2D eigenvalue weighted by molar-refractivity contribution is 6.30. The average molecular weight is 319 g/mol. The first-order valence-corrected chi connectivity index (χ1v) is 6.90. The highest BCUT2D eigenvalue weighted by Gasteiger charge is 2.18. The molecule has 1 saturated heterocycles. The summed E-state index contributed by atoms with van der Waals surface area (Å²) >= 11 is 5.94. The molecule has 1 aromatic carbocycles. The van der Waals surface area contributed by atoms with Crippen molar-refractivity contribution in [2.45, 2.75) is 25.5 Å². The summed E-state index contributed by atoms with van der Waals surface area (Å²) in [6.45, 7) is 4.21. The van der Waals surface area contributed by atoms with Gasteiger partial charge in [0.25, 0.3) is 0 Å². The number of halogens is 2. The third-order valence-corrected chi connectivity index (χ3v) is 3.38. The van der Waals surface area contributed by atoms with E-state index in [2.05, 4.69) is 10.6 Å². The molecule has 1 fully saturated rings. The molecule has 0 aromatic heterocycles. The number of ether oxygens (including phenoxy) is 1. The van der Waals surface area contributed by atoms with Crippen LogP contribution in [0.5, 0.6) is 0 Å². The molecule has 112 valence electrons. The Bertz CT molecular complexity index is 437. The van der Waals surface area contributed by atoms with Crippen LogP contribution in [0.15, 0.2) is 24.3 Å². The van der Waals surface area contributed by atoms with E-state index >= 15 is 0 Å². The number of hydrogen-bond acceptors (Lipinski definition) is 3. The van der Waals surface area contributed by atoms with Crippen molar-refractivity contribution in [1.29, 1.82) is 0 Å². The summed E-state index contributed by atoms with van der Waals surface area (Å²) in [5.41, 5.74) is 1.00. The molecule has 6 heteroatoms.